The molecule has 140 valence electrons. The number of rotatable bonds is 7. The predicted molar refractivity (Wildman–Crippen MR) is 105 cm³/mol. The second-order valence-corrected chi connectivity index (χ2v) is 8.08. The quantitative estimate of drug-likeness (QED) is 0.777. The van der Waals surface area contributed by atoms with Crippen LogP contribution < -0.4 is 14.4 Å². The average molecular weight is 397 g/mol. The molecule has 0 aromatic heterocycles. The van der Waals surface area contributed by atoms with Gasteiger partial charge in [0.2, 0.25) is 15.9 Å². The molecule has 2 aromatic rings. The van der Waals surface area contributed by atoms with Crippen molar-refractivity contribution >= 4 is 38.9 Å². The first-order valence-corrected chi connectivity index (χ1v) is 10.1. The minimum Gasteiger partial charge on any atom is -0.495 e. The molecule has 0 radical (unpaired) electrons. The first-order valence-electron chi connectivity index (χ1n) is 7.89. The highest BCUT2D eigenvalue weighted by Crippen LogP contribution is 2.31. The van der Waals surface area contributed by atoms with Gasteiger partial charge in [-0.15, -0.1) is 0 Å². The van der Waals surface area contributed by atoms with E-state index in [0.29, 0.717) is 22.1 Å². The summed E-state index contributed by atoms with van der Waals surface area (Å²) in [6, 6.07) is 12.0. The van der Waals surface area contributed by atoms with Gasteiger partial charge in [0.25, 0.3) is 0 Å². The Bertz CT molecular complexity index is 886. The zero-order valence-corrected chi connectivity index (χ0v) is 16.4. The normalized spacial score (nSPS) is 11.1. The third-order valence-corrected chi connectivity index (χ3v) is 5.34. The molecule has 2 aromatic carbocycles. The largest absolute Gasteiger partial charge is 0.495 e. The van der Waals surface area contributed by atoms with Gasteiger partial charge in [-0.05, 0) is 30.7 Å². The first-order chi connectivity index (χ1) is 12.2. The zero-order chi connectivity index (χ0) is 19.3. The number of nitrogens with zero attached hydrogens (tertiary/aromatic N) is 1. The zero-order valence-electron chi connectivity index (χ0n) is 14.8. The summed E-state index contributed by atoms with van der Waals surface area (Å²) in [6.45, 7) is 1.85. The average Bonchev–Trinajstić information content (AvgIpc) is 2.58. The van der Waals surface area contributed by atoms with E-state index in [1.54, 1.807) is 42.5 Å². The highest BCUT2D eigenvalue weighted by atomic mass is 35.5. The van der Waals surface area contributed by atoms with Crippen LogP contribution in [0.3, 0.4) is 0 Å². The molecule has 0 saturated heterocycles. The van der Waals surface area contributed by atoms with Gasteiger partial charge in [-0.25, -0.2) is 8.42 Å². The summed E-state index contributed by atoms with van der Waals surface area (Å²) in [4.78, 5) is 12.3. The van der Waals surface area contributed by atoms with E-state index in [0.717, 1.165) is 11.8 Å². The third kappa shape index (κ3) is 5.12. The SMILES string of the molecule is COc1cc(Cl)c(C)cc1NC(=O)CCN(c1ccccc1)S(C)(=O)=O. The van der Waals surface area contributed by atoms with Crippen molar-refractivity contribution in [2.24, 2.45) is 0 Å². The number of carbonyl (C=O) groups excluding carboxylic acids is 1. The van der Waals surface area contributed by atoms with Crippen LogP contribution in [-0.2, 0) is 14.8 Å². The highest BCUT2D eigenvalue weighted by Gasteiger charge is 2.19. The molecule has 0 bridgehead atoms. The summed E-state index contributed by atoms with van der Waals surface area (Å²) in [5.74, 6) is 0.117. The Morgan fingerprint density at radius 1 is 1.23 bits per heavy atom. The molecule has 1 N–H and O–H groups in total. The smallest absolute Gasteiger partial charge is 0.232 e. The molecule has 0 spiro atoms. The van der Waals surface area contributed by atoms with Crippen molar-refractivity contribution in [3.63, 3.8) is 0 Å². The Morgan fingerprint density at radius 2 is 1.88 bits per heavy atom. The molecular formula is C18H21ClN2O4S. The fourth-order valence-corrected chi connectivity index (χ4v) is 3.51. The van der Waals surface area contributed by atoms with Crippen LogP contribution in [0.2, 0.25) is 5.02 Å². The molecule has 0 aliphatic heterocycles. The van der Waals surface area contributed by atoms with Crippen molar-refractivity contribution in [3.05, 3.63) is 53.1 Å². The van der Waals surface area contributed by atoms with Crippen molar-refractivity contribution in [1.29, 1.82) is 0 Å². The maximum atomic E-state index is 12.3. The second kappa shape index (κ2) is 8.42. The summed E-state index contributed by atoms with van der Waals surface area (Å²) in [5.41, 5.74) is 1.80. The van der Waals surface area contributed by atoms with Gasteiger partial charge in [-0.3, -0.25) is 9.10 Å². The predicted octanol–water partition coefficient (Wildman–Crippen LogP) is 3.45. The molecular weight excluding hydrogens is 376 g/mol. The number of para-hydroxylation sites is 1. The van der Waals surface area contributed by atoms with E-state index >= 15 is 0 Å². The van der Waals surface area contributed by atoms with E-state index < -0.39 is 10.0 Å². The highest BCUT2D eigenvalue weighted by molar-refractivity contribution is 7.92. The van der Waals surface area contributed by atoms with Crippen LogP contribution in [0, 0.1) is 6.92 Å². The lowest BCUT2D eigenvalue weighted by molar-refractivity contribution is -0.116. The Hall–Kier alpha value is -2.25. The van der Waals surface area contributed by atoms with Crippen LogP contribution in [0.15, 0.2) is 42.5 Å². The van der Waals surface area contributed by atoms with Crippen molar-refractivity contribution in [1.82, 2.24) is 0 Å². The van der Waals surface area contributed by atoms with Crippen molar-refractivity contribution in [2.45, 2.75) is 13.3 Å². The third-order valence-electron chi connectivity index (χ3n) is 3.74. The van der Waals surface area contributed by atoms with E-state index in [-0.39, 0.29) is 18.9 Å². The van der Waals surface area contributed by atoms with E-state index in [2.05, 4.69) is 5.32 Å². The minimum atomic E-state index is -3.50. The number of ether oxygens (including phenoxy) is 1. The monoisotopic (exact) mass is 396 g/mol. The molecule has 8 heteroatoms. The summed E-state index contributed by atoms with van der Waals surface area (Å²) in [6.07, 6.45) is 1.11. The van der Waals surface area contributed by atoms with E-state index in [1.165, 1.54) is 11.4 Å². The minimum absolute atomic E-state index is 0.00715. The lowest BCUT2D eigenvalue weighted by Crippen LogP contribution is -2.33. The number of sulfonamides is 1. The van der Waals surface area contributed by atoms with Gasteiger partial charge in [-0.1, -0.05) is 29.8 Å². The molecule has 0 heterocycles. The van der Waals surface area contributed by atoms with Gasteiger partial charge in [0.05, 0.1) is 24.7 Å². The van der Waals surface area contributed by atoms with Crippen LogP contribution in [0.1, 0.15) is 12.0 Å². The number of nitrogens with one attached hydrogen (secondary N) is 1. The molecule has 26 heavy (non-hydrogen) atoms. The standard InChI is InChI=1S/C18H21ClN2O4S/c1-13-11-16(17(25-2)12-15(13)19)20-18(22)9-10-21(26(3,23)24)14-7-5-4-6-8-14/h4-8,11-12H,9-10H2,1-3H3,(H,20,22). The van der Waals surface area contributed by atoms with Gasteiger partial charge in [0.1, 0.15) is 5.75 Å². The molecule has 0 saturated carbocycles. The van der Waals surface area contributed by atoms with Crippen molar-refractivity contribution < 1.29 is 17.9 Å². The fraction of sp³-hybridized carbons (Fsp3) is 0.278. The van der Waals surface area contributed by atoms with Gasteiger partial charge >= 0.3 is 0 Å². The topological polar surface area (TPSA) is 75.7 Å². The molecule has 6 nitrogen and oxygen atoms in total. The molecule has 0 atom stereocenters. The van der Waals surface area contributed by atoms with Gasteiger partial charge in [0.15, 0.2) is 0 Å². The number of hydrogen-bond donors (Lipinski definition) is 1. The molecule has 0 fully saturated rings. The van der Waals surface area contributed by atoms with Crippen LogP contribution in [0.5, 0.6) is 5.75 Å². The second-order valence-electron chi connectivity index (χ2n) is 5.77. The number of carbonyl (C=O) groups is 1. The number of methoxy groups -OCH3 is 1. The van der Waals surface area contributed by atoms with Gasteiger partial charge in [-0.2, -0.15) is 0 Å². The number of benzene rings is 2. The summed E-state index contributed by atoms with van der Waals surface area (Å²) in [7, 11) is -2.02. The maximum absolute atomic E-state index is 12.3. The fourth-order valence-electron chi connectivity index (χ4n) is 2.43. The Labute approximate surface area is 158 Å². The first kappa shape index (κ1) is 20.1. The number of hydrogen-bond acceptors (Lipinski definition) is 4. The summed E-state index contributed by atoms with van der Waals surface area (Å²) < 4.78 is 30.5. The lowest BCUT2D eigenvalue weighted by Gasteiger charge is -2.22. The van der Waals surface area contributed by atoms with E-state index in [9.17, 15) is 13.2 Å². The lowest BCUT2D eigenvalue weighted by atomic mass is 10.2. The Balaban J connectivity index is 2.11. The Morgan fingerprint density at radius 3 is 2.46 bits per heavy atom. The summed E-state index contributed by atoms with van der Waals surface area (Å²) >= 11 is 6.06. The van der Waals surface area contributed by atoms with E-state index in [4.69, 9.17) is 16.3 Å². The van der Waals surface area contributed by atoms with Crippen molar-refractivity contribution in [3.8, 4) is 5.75 Å². The van der Waals surface area contributed by atoms with Crippen LogP contribution >= 0.6 is 11.6 Å². The van der Waals surface area contributed by atoms with Gasteiger partial charge < -0.3 is 10.1 Å². The van der Waals surface area contributed by atoms with Gasteiger partial charge in [0, 0.05) is 24.1 Å². The number of aryl methyl sites for hydroxylation is 1. The molecule has 1 amide bonds. The van der Waals surface area contributed by atoms with Crippen molar-refractivity contribution in [2.75, 3.05) is 29.5 Å². The molecule has 0 unspecified atom stereocenters. The molecule has 2 rings (SSSR count). The van der Waals surface area contributed by atoms with Crippen LogP contribution in [0.25, 0.3) is 0 Å². The molecule has 0 aliphatic carbocycles. The van der Waals surface area contributed by atoms with E-state index in [1.807, 2.05) is 6.92 Å². The number of amides is 1. The summed E-state index contributed by atoms with van der Waals surface area (Å²) in [5, 5.41) is 3.28. The maximum Gasteiger partial charge on any atom is 0.232 e. The molecule has 0 aliphatic rings. The number of halogens is 1. The number of anilines is 2. The van der Waals surface area contributed by atoms with Crippen LogP contribution in [0.4, 0.5) is 11.4 Å². The van der Waals surface area contributed by atoms with Crippen LogP contribution in [-0.4, -0.2) is 34.2 Å². The Kier molecular flexibility index (Phi) is 6.50.